The zero-order valence-corrected chi connectivity index (χ0v) is 17.3. The summed E-state index contributed by atoms with van der Waals surface area (Å²) in [7, 11) is 3.32. The standard InChI is InChI=1S/C22H28N2O4/c1-13-21(15(3)25)14(2)23-22(13)19(26)12-24-10-6-7-18(24)17-11-16(27-4)8-9-20(17)28-5/h8-9,11,18,23H,6-7,10,12H2,1-5H3/p+1/t18-/m0/s1. The van der Waals surface area contributed by atoms with Gasteiger partial charge in [0.25, 0.3) is 0 Å². The zero-order valence-electron chi connectivity index (χ0n) is 17.3. The molecule has 1 aromatic heterocycles. The Morgan fingerprint density at radius 3 is 2.57 bits per heavy atom. The lowest BCUT2D eigenvalue weighted by molar-refractivity contribution is -0.910. The minimum absolute atomic E-state index is 0.0159. The van der Waals surface area contributed by atoms with Gasteiger partial charge in [0.05, 0.1) is 32.0 Å². The summed E-state index contributed by atoms with van der Waals surface area (Å²) in [6.45, 7) is 6.52. The lowest BCUT2D eigenvalue weighted by Crippen LogP contribution is -3.11. The Kier molecular flexibility index (Phi) is 5.89. The van der Waals surface area contributed by atoms with E-state index in [1.54, 1.807) is 14.2 Å². The molecule has 2 aromatic rings. The van der Waals surface area contributed by atoms with E-state index in [1.807, 2.05) is 32.0 Å². The van der Waals surface area contributed by atoms with Gasteiger partial charge in [-0.15, -0.1) is 0 Å². The van der Waals surface area contributed by atoms with Gasteiger partial charge in [0.1, 0.15) is 24.1 Å². The number of aryl methyl sites for hydroxylation is 1. The molecule has 6 nitrogen and oxygen atoms in total. The second-order valence-electron chi connectivity index (χ2n) is 7.49. The monoisotopic (exact) mass is 385 g/mol. The van der Waals surface area contributed by atoms with E-state index in [0.29, 0.717) is 17.8 Å². The number of quaternary nitrogens is 1. The first-order valence-corrected chi connectivity index (χ1v) is 9.67. The van der Waals surface area contributed by atoms with Gasteiger partial charge in [-0.3, -0.25) is 9.59 Å². The molecule has 1 aliphatic heterocycles. The predicted octanol–water partition coefficient (Wildman–Crippen LogP) is 2.45. The van der Waals surface area contributed by atoms with Crippen molar-refractivity contribution in [3.8, 4) is 11.5 Å². The molecule has 2 atom stereocenters. The normalized spacial score (nSPS) is 18.9. The van der Waals surface area contributed by atoms with Gasteiger partial charge in [0, 0.05) is 24.1 Å². The molecule has 0 aliphatic carbocycles. The van der Waals surface area contributed by atoms with Crippen molar-refractivity contribution in [2.75, 3.05) is 27.3 Å². The second kappa shape index (κ2) is 8.19. The van der Waals surface area contributed by atoms with Gasteiger partial charge in [-0.1, -0.05) is 0 Å². The van der Waals surface area contributed by atoms with Crippen molar-refractivity contribution < 1.29 is 24.0 Å². The summed E-state index contributed by atoms with van der Waals surface area (Å²) in [6.07, 6.45) is 2.04. The number of benzene rings is 1. The molecule has 6 heteroatoms. The van der Waals surface area contributed by atoms with Crippen LogP contribution in [0.2, 0.25) is 0 Å². The van der Waals surface area contributed by atoms with Crippen LogP contribution in [0.4, 0.5) is 0 Å². The third kappa shape index (κ3) is 3.69. The van der Waals surface area contributed by atoms with Crippen LogP contribution in [0.3, 0.4) is 0 Å². The van der Waals surface area contributed by atoms with Gasteiger partial charge in [-0.25, -0.2) is 0 Å². The molecule has 0 radical (unpaired) electrons. The van der Waals surface area contributed by atoms with Crippen molar-refractivity contribution in [1.82, 2.24) is 4.98 Å². The summed E-state index contributed by atoms with van der Waals surface area (Å²) in [5, 5.41) is 0. The number of methoxy groups -OCH3 is 2. The molecule has 0 saturated carbocycles. The zero-order chi connectivity index (χ0) is 20.4. The van der Waals surface area contributed by atoms with Crippen molar-refractivity contribution in [2.24, 2.45) is 0 Å². The topological polar surface area (TPSA) is 72.8 Å². The number of ketones is 2. The van der Waals surface area contributed by atoms with Gasteiger partial charge < -0.3 is 19.4 Å². The molecule has 1 unspecified atom stereocenters. The summed E-state index contributed by atoms with van der Waals surface area (Å²) < 4.78 is 10.9. The molecule has 1 aliphatic rings. The highest BCUT2D eigenvalue weighted by atomic mass is 16.5. The van der Waals surface area contributed by atoms with E-state index >= 15 is 0 Å². The largest absolute Gasteiger partial charge is 0.497 e. The molecule has 1 fully saturated rings. The van der Waals surface area contributed by atoms with E-state index < -0.39 is 0 Å². The van der Waals surface area contributed by atoms with Crippen LogP contribution in [0.15, 0.2) is 18.2 Å². The highest BCUT2D eigenvalue weighted by Crippen LogP contribution is 2.31. The second-order valence-corrected chi connectivity index (χ2v) is 7.49. The van der Waals surface area contributed by atoms with Gasteiger partial charge in [0.2, 0.25) is 5.78 Å². The summed E-state index contributed by atoms with van der Waals surface area (Å²) in [5.41, 5.74) is 3.77. The van der Waals surface area contributed by atoms with Crippen LogP contribution in [-0.2, 0) is 0 Å². The molecule has 28 heavy (non-hydrogen) atoms. The molecule has 3 rings (SSSR count). The van der Waals surface area contributed by atoms with Crippen LogP contribution in [0.5, 0.6) is 11.5 Å². The van der Waals surface area contributed by atoms with E-state index in [1.165, 1.54) is 11.8 Å². The Morgan fingerprint density at radius 1 is 1.21 bits per heavy atom. The number of likely N-dealkylation sites (tertiary alicyclic amines) is 1. The average Bonchev–Trinajstić information content (AvgIpc) is 3.24. The number of Topliss-reactive ketones (excluding diaryl/α,β-unsaturated/α-hetero) is 2. The number of aromatic amines is 1. The maximum absolute atomic E-state index is 13.0. The quantitative estimate of drug-likeness (QED) is 0.718. The Hall–Kier alpha value is -2.60. The third-order valence-electron chi connectivity index (χ3n) is 5.75. The van der Waals surface area contributed by atoms with Gasteiger partial charge >= 0.3 is 0 Å². The maximum atomic E-state index is 13.0. The first-order chi connectivity index (χ1) is 13.4. The molecule has 1 aromatic carbocycles. The maximum Gasteiger partial charge on any atom is 0.233 e. The van der Waals surface area contributed by atoms with Crippen molar-refractivity contribution >= 4 is 11.6 Å². The summed E-state index contributed by atoms with van der Waals surface area (Å²) in [5.74, 6) is 1.63. The minimum atomic E-state index is -0.0159. The number of carbonyl (C=O) groups excluding carboxylic acids is 2. The molecule has 2 N–H and O–H groups in total. The molecule has 0 bridgehead atoms. The van der Waals surface area contributed by atoms with Gasteiger partial charge in [-0.2, -0.15) is 0 Å². The highest BCUT2D eigenvalue weighted by molar-refractivity contribution is 6.03. The summed E-state index contributed by atoms with van der Waals surface area (Å²) in [4.78, 5) is 29.3. The van der Waals surface area contributed by atoms with E-state index in [4.69, 9.17) is 9.47 Å². The number of aromatic nitrogens is 1. The average molecular weight is 385 g/mol. The van der Waals surface area contributed by atoms with E-state index in [9.17, 15) is 9.59 Å². The van der Waals surface area contributed by atoms with Crippen LogP contribution >= 0.6 is 0 Å². The van der Waals surface area contributed by atoms with Crippen molar-refractivity contribution in [3.63, 3.8) is 0 Å². The number of ether oxygens (including phenoxy) is 2. The molecular weight excluding hydrogens is 356 g/mol. The molecular formula is C22H29N2O4+. The number of nitrogens with one attached hydrogen (secondary N) is 2. The van der Waals surface area contributed by atoms with Crippen molar-refractivity contribution in [3.05, 3.63) is 46.3 Å². The van der Waals surface area contributed by atoms with E-state index in [-0.39, 0.29) is 17.6 Å². The first kappa shape index (κ1) is 20.1. The van der Waals surface area contributed by atoms with Gasteiger partial charge in [-0.05, 0) is 44.5 Å². The first-order valence-electron chi connectivity index (χ1n) is 9.67. The summed E-state index contributed by atoms with van der Waals surface area (Å²) >= 11 is 0. The van der Waals surface area contributed by atoms with E-state index in [2.05, 4.69) is 4.98 Å². The van der Waals surface area contributed by atoms with Crippen LogP contribution < -0.4 is 14.4 Å². The minimum Gasteiger partial charge on any atom is -0.497 e. The van der Waals surface area contributed by atoms with Crippen LogP contribution in [0, 0.1) is 13.8 Å². The predicted molar refractivity (Wildman–Crippen MR) is 107 cm³/mol. The lowest BCUT2D eigenvalue weighted by Gasteiger charge is -2.23. The number of rotatable bonds is 7. The van der Waals surface area contributed by atoms with Crippen LogP contribution in [-0.4, -0.2) is 43.9 Å². The Morgan fingerprint density at radius 2 is 1.96 bits per heavy atom. The number of carbonyl (C=O) groups is 2. The molecule has 1 saturated heterocycles. The number of hydrogen-bond acceptors (Lipinski definition) is 4. The fourth-order valence-electron chi connectivity index (χ4n) is 4.46. The Balaban J connectivity index is 1.86. The fourth-order valence-corrected chi connectivity index (χ4v) is 4.46. The smallest absolute Gasteiger partial charge is 0.233 e. The van der Waals surface area contributed by atoms with Crippen LogP contribution in [0.25, 0.3) is 0 Å². The number of H-pyrrole nitrogens is 1. The lowest BCUT2D eigenvalue weighted by atomic mass is 10.0. The third-order valence-corrected chi connectivity index (χ3v) is 5.75. The highest BCUT2D eigenvalue weighted by Gasteiger charge is 2.35. The molecule has 150 valence electrons. The Bertz CT molecular complexity index is 900. The van der Waals surface area contributed by atoms with E-state index in [0.717, 1.165) is 47.7 Å². The fraction of sp³-hybridized carbons (Fsp3) is 0.455. The van der Waals surface area contributed by atoms with Crippen molar-refractivity contribution in [2.45, 2.75) is 39.7 Å². The summed E-state index contributed by atoms with van der Waals surface area (Å²) in [6, 6.07) is 6.00. The molecule has 2 heterocycles. The molecule has 0 spiro atoms. The van der Waals surface area contributed by atoms with Gasteiger partial charge in [0.15, 0.2) is 5.78 Å². The Labute approximate surface area is 165 Å². The van der Waals surface area contributed by atoms with Crippen LogP contribution in [0.1, 0.15) is 63.5 Å². The van der Waals surface area contributed by atoms with Crippen molar-refractivity contribution in [1.29, 1.82) is 0 Å². The number of hydrogen-bond donors (Lipinski definition) is 2. The molecule has 0 amide bonds. The SMILES string of the molecule is COc1ccc(OC)c([C@@H]2CCC[NH+]2CC(=O)c2[nH]c(C)c(C(C)=O)c2C)c1.